The molecule has 0 amide bonds. The first-order valence-corrected chi connectivity index (χ1v) is 2.14. The van der Waals surface area contributed by atoms with Gasteiger partial charge in [0, 0.05) is 9.39 Å². The summed E-state index contributed by atoms with van der Waals surface area (Å²) in [5.74, 6) is 0. The van der Waals surface area contributed by atoms with Crippen LogP contribution in [0.1, 0.15) is 0 Å². The van der Waals surface area contributed by atoms with Gasteiger partial charge < -0.3 is 0 Å². The smallest absolute Gasteiger partial charge is 0.0553 e. The molecule has 2 heteroatoms. The van der Waals surface area contributed by atoms with E-state index in [2.05, 4.69) is 6.58 Å². The van der Waals surface area contributed by atoms with Crippen molar-refractivity contribution < 1.29 is 0 Å². The summed E-state index contributed by atoms with van der Waals surface area (Å²) in [6, 6.07) is 0. The molecule has 0 aliphatic heterocycles. The maximum absolute atomic E-state index is 4.94. The molecule has 0 heterocycles. The summed E-state index contributed by atoms with van der Waals surface area (Å²) in [4.78, 5) is 0. The molecule has 4 heavy (non-hydrogen) atoms. The quantitative estimate of drug-likeness (QED) is 0.375. The number of rotatable bonds is 1. The van der Waals surface area contributed by atoms with Crippen molar-refractivity contribution in [1.29, 1.82) is 0 Å². The SMILES string of the molecule is [B][Si]C=C. The fourth-order valence-electron chi connectivity index (χ4n) is 0. The van der Waals surface area contributed by atoms with Crippen molar-refractivity contribution in [3.05, 3.63) is 12.3 Å². The van der Waals surface area contributed by atoms with Gasteiger partial charge in [0.15, 0.2) is 0 Å². The molecule has 0 fully saturated rings. The first-order chi connectivity index (χ1) is 1.91. The third-order valence-electron chi connectivity index (χ3n) is 0.118. The van der Waals surface area contributed by atoms with E-state index in [4.69, 9.17) is 7.44 Å². The summed E-state index contributed by atoms with van der Waals surface area (Å²) < 4.78 is 0. The monoisotopic (exact) mass is 66.0 g/mol. The Morgan fingerprint density at radius 2 is 2.25 bits per heavy atom. The molecule has 0 unspecified atom stereocenters. The summed E-state index contributed by atoms with van der Waals surface area (Å²) in [7, 11) is 5.34. The predicted molar refractivity (Wildman–Crippen MR) is 21.7 cm³/mol. The van der Waals surface area contributed by atoms with Gasteiger partial charge >= 0.3 is 0 Å². The van der Waals surface area contributed by atoms with E-state index >= 15 is 0 Å². The highest BCUT2D eigenvalue weighted by Crippen LogP contribution is 1.39. The lowest BCUT2D eigenvalue weighted by molar-refractivity contribution is 2.61. The average Bonchev–Trinajstić information content (AvgIpc) is 1.37. The Balaban J connectivity index is 2.30. The maximum Gasteiger partial charge on any atom is 0.0553 e. The van der Waals surface area contributed by atoms with E-state index in [9.17, 15) is 0 Å². The first kappa shape index (κ1) is 4.02. The van der Waals surface area contributed by atoms with Gasteiger partial charge in [0.2, 0.25) is 0 Å². The van der Waals surface area contributed by atoms with Crippen molar-refractivity contribution in [2.24, 2.45) is 0 Å². The highest BCUT2D eigenvalue weighted by atomic mass is 28.2. The summed E-state index contributed by atoms with van der Waals surface area (Å²) >= 11 is 0. The zero-order valence-electron chi connectivity index (χ0n) is 2.36. The number of hydrogen-bond donors (Lipinski definition) is 0. The van der Waals surface area contributed by atoms with Crippen LogP contribution >= 0.6 is 0 Å². The topological polar surface area (TPSA) is 0 Å². The second-order valence-electron chi connectivity index (χ2n) is 0.371. The molecule has 0 bridgehead atoms. The fourth-order valence-corrected chi connectivity index (χ4v) is 0. The van der Waals surface area contributed by atoms with Crippen LogP contribution in [0.25, 0.3) is 0 Å². The predicted octanol–water partition coefficient (Wildman–Crippen LogP) is -0.0824. The van der Waals surface area contributed by atoms with Crippen LogP contribution in [-0.2, 0) is 0 Å². The molecule has 0 aromatic carbocycles. The van der Waals surface area contributed by atoms with Crippen molar-refractivity contribution in [2.75, 3.05) is 0 Å². The van der Waals surface area contributed by atoms with Crippen LogP contribution in [0.2, 0.25) is 0 Å². The molecule has 0 atom stereocenters. The molecule has 0 N–H and O–H groups in total. The lowest BCUT2D eigenvalue weighted by Crippen LogP contribution is -1.73. The Bertz CT molecular complexity index is 20.0. The minimum absolute atomic E-state index is 0.404. The van der Waals surface area contributed by atoms with Crippen molar-refractivity contribution in [3.63, 3.8) is 0 Å². The van der Waals surface area contributed by atoms with Crippen LogP contribution in [-0.4, -0.2) is 16.8 Å². The molecule has 18 valence electrons. The van der Waals surface area contributed by atoms with Crippen molar-refractivity contribution in [2.45, 2.75) is 0 Å². The molecule has 0 spiro atoms. The molecular weight excluding hydrogens is 62.9 g/mol. The Labute approximate surface area is 30.1 Å². The van der Waals surface area contributed by atoms with Gasteiger partial charge in [0.05, 0.1) is 7.44 Å². The van der Waals surface area contributed by atoms with Crippen LogP contribution in [0.15, 0.2) is 12.3 Å². The van der Waals surface area contributed by atoms with Crippen molar-refractivity contribution >= 4 is 16.8 Å². The van der Waals surface area contributed by atoms with E-state index in [-0.39, 0.29) is 0 Å². The van der Waals surface area contributed by atoms with Gasteiger partial charge in [0.25, 0.3) is 0 Å². The van der Waals surface area contributed by atoms with Crippen molar-refractivity contribution in [1.82, 2.24) is 0 Å². The van der Waals surface area contributed by atoms with Crippen molar-refractivity contribution in [3.8, 4) is 0 Å². The van der Waals surface area contributed by atoms with Gasteiger partial charge in [-0.15, -0.1) is 12.3 Å². The average molecular weight is 65.9 g/mol. The first-order valence-electron chi connectivity index (χ1n) is 0.986. The number of hydrogen-bond acceptors (Lipinski definition) is 0. The Hall–Kier alpha value is 0.0218. The zero-order valence-corrected chi connectivity index (χ0v) is 3.36. The second kappa shape index (κ2) is 3.02. The summed E-state index contributed by atoms with van der Waals surface area (Å²) in [6.45, 7) is 3.37. The van der Waals surface area contributed by atoms with Crippen LogP contribution < -0.4 is 0 Å². The van der Waals surface area contributed by atoms with E-state index in [0.717, 1.165) is 0 Å². The highest BCUT2D eigenvalue weighted by Gasteiger charge is 1.49. The highest BCUT2D eigenvalue weighted by molar-refractivity contribution is 6.92. The molecule has 4 radical (unpaired) electrons. The Morgan fingerprint density at radius 1 is 2.00 bits per heavy atom. The minimum atomic E-state index is 0.404. The molecular formula is C2H3BSi. The van der Waals surface area contributed by atoms with E-state index in [0.29, 0.717) is 9.39 Å². The summed E-state index contributed by atoms with van der Waals surface area (Å²) in [6.07, 6.45) is 0. The third-order valence-corrected chi connectivity index (χ3v) is 0.354. The Morgan fingerprint density at radius 3 is 2.25 bits per heavy atom. The summed E-state index contributed by atoms with van der Waals surface area (Å²) in [5, 5.41) is 0. The van der Waals surface area contributed by atoms with Gasteiger partial charge in [-0.3, -0.25) is 0 Å². The van der Waals surface area contributed by atoms with Gasteiger partial charge in [-0.05, 0) is 0 Å². The molecule has 0 saturated carbocycles. The van der Waals surface area contributed by atoms with Crippen LogP contribution in [0.3, 0.4) is 0 Å². The molecule has 0 saturated heterocycles. The normalized spacial score (nSPS) is 6.00. The van der Waals surface area contributed by atoms with Gasteiger partial charge in [-0.2, -0.15) is 0 Å². The van der Waals surface area contributed by atoms with Crippen LogP contribution in [0, 0.1) is 0 Å². The van der Waals surface area contributed by atoms with E-state index in [1.807, 2.05) is 0 Å². The lowest BCUT2D eigenvalue weighted by atomic mass is 10.8. The van der Waals surface area contributed by atoms with Crippen LogP contribution in [0.5, 0.6) is 0 Å². The lowest BCUT2D eigenvalue weighted by Gasteiger charge is -1.54. The standard InChI is InChI=1S/C2H3BSi/c1-2-4-3/h2H,1H2. The second-order valence-corrected chi connectivity index (χ2v) is 1.11. The van der Waals surface area contributed by atoms with Crippen LogP contribution in [0.4, 0.5) is 0 Å². The summed E-state index contributed by atoms with van der Waals surface area (Å²) in [5.41, 5.74) is 1.68. The van der Waals surface area contributed by atoms with Gasteiger partial charge in [-0.25, -0.2) is 0 Å². The molecule has 0 nitrogen and oxygen atoms in total. The van der Waals surface area contributed by atoms with Gasteiger partial charge in [0.1, 0.15) is 0 Å². The van der Waals surface area contributed by atoms with E-state index in [1.54, 1.807) is 5.70 Å². The van der Waals surface area contributed by atoms with Gasteiger partial charge in [-0.1, -0.05) is 0 Å². The third kappa shape index (κ3) is 2.02. The maximum atomic E-state index is 4.94. The molecule has 0 rings (SSSR count). The molecule has 0 aromatic rings. The molecule has 0 aromatic heterocycles. The molecule has 0 aliphatic rings. The van der Waals surface area contributed by atoms with E-state index < -0.39 is 0 Å². The minimum Gasteiger partial charge on any atom is -0.116 e. The fraction of sp³-hybridized carbons (Fsp3) is 0. The van der Waals surface area contributed by atoms with E-state index in [1.165, 1.54) is 0 Å². The molecule has 0 aliphatic carbocycles. The Kier molecular flexibility index (Phi) is 3.04. The largest absolute Gasteiger partial charge is 0.116 e. The zero-order chi connectivity index (χ0) is 3.41.